The molecule has 1 aliphatic heterocycles. The molecule has 0 N–H and O–H groups in total. The summed E-state index contributed by atoms with van der Waals surface area (Å²) in [6.45, 7) is 3.18. The van der Waals surface area contributed by atoms with Gasteiger partial charge in [0.05, 0.1) is 12.0 Å². The molecule has 1 aliphatic rings. The fraction of sp³-hybridized carbons (Fsp3) is 0.500. The van der Waals surface area contributed by atoms with Gasteiger partial charge in [0.1, 0.15) is 0 Å². The summed E-state index contributed by atoms with van der Waals surface area (Å²) in [6.07, 6.45) is 0. The molecule has 0 radical (unpaired) electrons. The predicted molar refractivity (Wildman–Crippen MR) is 41.7 cm³/mol. The number of sulfonamides is 1. The van der Waals surface area contributed by atoms with E-state index in [1.54, 1.807) is 6.92 Å². The maximum atomic E-state index is 11.0. The highest BCUT2D eigenvalue weighted by Gasteiger charge is 2.26. The highest BCUT2D eigenvalue weighted by molar-refractivity contribution is 7.94. The van der Waals surface area contributed by atoms with Crippen LogP contribution < -0.4 is 0 Å². The quantitative estimate of drug-likeness (QED) is 0.543. The number of hydrogen-bond donors (Lipinski definition) is 0. The van der Waals surface area contributed by atoms with E-state index in [0.717, 1.165) is 0 Å². The molecule has 4 nitrogen and oxygen atoms in total. The zero-order valence-corrected chi connectivity index (χ0v) is 7.40. The summed E-state index contributed by atoms with van der Waals surface area (Å²) in [4.78, 5) is 0.273. The van der Waals surface area contributed by atoms with Crippen LogP contribution in [-0.2, 0) is 14.8 Å². The zero-order chi connectivity index (χ0) is 8.65. The Kier molecular flexibility index (Phi) is 1.75. The first-order valence-electron chi connectivity index (χ1n) is 3.06. The molecule has 0 saturated heterocycles. The molecule has 0 aromatic heterocycles. The minimum atomic E-state index is -3.39. The Labute approximate surface area is 65.6 Å². The molecule has 0 aromatic carbocycles. The molecule has 0 aliphatic carbocycles. The standard InChI is InChI=1S/C6H9NO3S/c1-4-5(2)11(8,9)7-6(4)10-3/h1-3H3. The van der Waals surface area contributed by atoms with E-state index in [1.807, 2.05) is 0 Å². The maximum absolute atomic E-state index is 11.0. The van der Waals surface area contributed by atoms with E-state index in [9.17, 15) is 8.42 Å². The van der Waals surface area contributed by atoms with Crippen LogP contribution in [0.25, 0.3) is 0 Å². The molecule has 0 fully saturated rings. The van der Waals surface area contributed by atoms with Gasteiger partial charge in [0.15, 0.2) is 0 Å². The van der Waals surface area contributed by atoms with Crippen molar-refractivity contribution in [2.45, 2.75) is 13.8 Å². The molecule has 0 saturated carbocycles. The summed E-state index contributed by atoms with van der Waals surface area (Å²) in [7, 11) is -1.99. The zero-order valence-electron chi connectivity index (χ0n) is 6.58. The average Bonchev–Trinajstić information content (AvgIpc) is 2.13. The maximum Gasteiger partial charge on any atom is 0.281 e. The summed E-state index contributed by atoms with van der Waals surface area (Å²) < 4.78 is 30.2. The number of allylic oxidation sites excluding steroid dienone is 1. The fourth-order valence-corrected chi connectivity index (χ4v) is 1.82. The molecule has 1 rings (SSSR count). The van der Waals surface area contributed by atoms with Gasteiger partial charge in [-0.1, -0.05) is 0 Å². The molecule has 62 valence electrons. The van der Waals surface area contributed by atoms with Crippen LogP contribution in [0.5, 0.6) is 0 Å². The lowest BCUT2D eigenvalue weighted by Gasteiger charge is -1.95. The lowest BCUT2D eigenvalue weighted by molar-refractivity contribution is 0.405. The number of ether oxygens (including phenoxy) is 1. The van der Waals surface area contributed by atoms with Crippen molar-refractivity contribution in [3.8, 4) is 0 Å². The Morgan fingerprint density at radius 2 is 1.91 bits per heavy atom. The van der Waals surface area contributed by atoms with Crippen molar-refractivity contribution in [3.05, 3.63) is 10.5 Å². The third-order valence-corrected chi connectivity index (χ3v) is 3.12. The smallest absolute Gasteiger partial charge is 0.281 e. The molecule has 1 heterocycles. The van der Waals surface area contributed by atoms with E-state index < -0.39 is 10.0 Å². The lowest BCUT2D eigenvalue weighted by atomic mass is 10.3. The van der Waals surface area contributed by atoms with Crippen molar-refractivity contribution in [2.75, 3.05) is 7.11 Å². The van der Waals surface area contributed by atoms with Gasteiger partial charge in [-0.3, -0.25) is 0 Å². The third-order valence-electron chi connectivity index (χ3n) is 1.63. The second-order valence-electron chi connectivity index (χ2n) is 2.26. The number of rotatable bonds is 0. The summed E-state index contributed by atoms with van der Waals surface area (Å²) in [6, 6.07) is 0. The minimum Gasteiger partial charge on any atom is -0.480 e. The monoisotopic (exact) mass is 175 g/mol. The van der Waals surface area contributed by atoms with Gasteiger partial charge in [0.25, 0.3) is 10.0 Å². The van der Waals surface area contributed by atoms with Gasteiger partial charge >= 0.3 is 0 Å². The first-order valence-corrected chi connectivity index (χ1v) is 4.50. The molecular weight excluding hydrogens is 166 g/mol. The Morgan fingerprint density at radius 3 is 2.09 bits per heavy atom. The van der Waals surface area contributed by atoms with Crippen LogP contribution in [0, 0.1) is 0 Å². The fourth-order valence-electron chi connectivity index (χ4n) is 0.780. The summed E-state index contributed by atoms with van der Waals surface area (Å²) in [5, 5.41) is 0. The Balaban J connectivity index is 3.29. The number of nitrogens with zero attached hydrogens (tertiary/aromatic N) is 1. The second kappa shape index (κ2) is 2.34. The van der Waals surface area contributed by atoms with Crippen molar-refractivity contribution in [1.82, 2.24) is 0 Å². The average molecular weight is 175 g/mol. The number of hydrogen-bond acceptors (Lipinski definition) is 3. The van der Waals surface area contributed by atoms with Gasteiger partial charge in [-0.25, -0.2) is 0 Å². The van der Waals surface area contributed by atoms with Crippen molar-refractivity contribution >= 4 is 15.9 Å². The molecule has 0 aromatic rings. The Morgan fingerprint density at radius 1 is 1.36 bits per heavy atom. The van der Waals surface area contributed by atoms with E-state index in [-0.39, 0.29) is 10.8 Å². The Bertz CT molecular complexity index is 337. The molecule has 0 bridgehead atoms. The van der Waals surface area contributed by atoms with Gasteiger partial charge in [0, 0.05) is 5.57 Å². The molecule has 0 spiro atoms. The largest absolute Gasteiger partial charge is 0.480 e. The van der Waals surface area contributed by atoms with E-state index in [0.29, 0.717) is 5.57 Å². The predicted octanol–water partition coefficient (Wildman–Crippen LogP) is 0.669. The first-order chi connectivity index (χ1) is 4.99. The molecule has 11 heavy (non-hydrogen) atoms. The van der Waals surface area contributed by atoms with Crippen LogP contribution >= 0.6 is 0 Å². The van der Waals surface area contributed by atoms with Crippen LogP contribution in [0.4, 0.5) is 0 Å². The van der Waals surface area contributed by atoms with Crippen LogP contribution in [0.1, 0.15) is 13.8 Å². The van der Waals surface area contributed by atoms with Crippen molar-refractivity contribution in [3.63, 3.8) is 0 Å². The molecule has 0 unspecified atom stereocenters. The summed E-state index contributed by atoms with van der Waals surface area (Å²) in [5.41, 5.74) is 0.590. The van der Waals surface area contributed by atoms with E-state index in [4.69, 9.17) is 4.74 Å². The van der Waals surface area contributed by atoms with Crippen LogP contribution in [0.15, 0.2) is 14.9 Å². The van der Waals surface area contributed by atoms with Gasteiger partial charge < -0.3 is 4.74 Å². The SMILES string of the molecule is COC1=NS(=O)(=O)C(C)=C1C. The van der Waals surface area contributed by atoms with Crippen molar-refractivity contribution in [2.24, 2.45) is 4.40 Å². The Hall–Kier alpha value is -0.840. The van der Waals surface area contributed by atoms with E-state index in [1.165, 1.54) is 14.0 Å². The highest BCUT2D eigenvalue weighted by Crippen LogP contribution is 2.22. The van der Waals surface area contributed by atoms with E-state index >= 15 is 0 Å². The van der Waals surface area contributed by atoms with Crippen LogP contribution in [0.2, 0.25) is 0 Å². The topological polar surface area (TPSA) is 55.7 Å². The second-order valence-corrected chi connectivity index (χ2v) is 4.00. The first kappa shape index (κ1) is 8.26. The minimum absolute atomic E-state index is 0.197. The van der Waals surface area contributed by atoms with Gasteiger partial charge in [-0.2, -0.15) is 8.42 Å². The molecule has 0 amide bonds. The summed E-state index contributed by atoms with van der Waals surface area (Å²) >= 11 is 0. The number of methoxy groups -OCH3 is 1. The van der Waals surface area contributed by atoms with Crippen LogP contribution in [0.3, 0.4) is 0 Å². The van der Waals surface area contributed by atoms with Crippen molar-refractivity contribution in [1.29, 1.82) is 0 Å². The summed E-state index contributed by atoms with van der Waals surface area (Å²) in [5.74, 6) is 0.197. The lowest BCUT2D eigenvalue weighted by Crippen LogP contribution is -1.98. The van der Waals surface area contributed by atoms with Crippen molar-refractivity contribution < 1.29 is 13.2 Å². The van der Waals surface area contributed by atoms with Gasteiger partial charge in [0.2, 0.25) is 5.90 Å². The molecule has 5 heteroatoms. The highest BCUT2D eigenvalue weighted by atomic mass is 32.2. The molecular formula is C6H9NO3S. The third kappa shape index (κ3) is 1.16. The normalized spacial score (nSPS) is 21.9. The van der Waals surface area contributed by atoms with Crippen LogP contribution in [-0.4, -0.2) is 21.4 Å². The van der Waals surface area contributed by atoms with Gasteiger partial charge in [-0.05, 0) is 13.8 Å². The molecule has 0 atom stereocenters. The van der Waals surface area contributed by atoms with E-state index in [2.05, 4.69) is 4.40 Å². The van der Waals surface area contributed by atoms with Gasteiger partial charge in [-0.15, -0.1) is 4.40 Å².